The number of hydrogen-bond donors (Lipinski definition) is 1. The van der Waals surface area contributed by atoms with Crippen LogP contribution in [0.3, 0.4) is 0 Å². The van der Waals surface area contributed by atoms with Gasteiger partial charge in [-0.25, -0.2) is 0 Å². The van der Waals surface area contributed by atoms with E-state index in [-0.39, 0.29) is 0 Å². The summed E-state index contributed by atoms with van der Waals surface area (Å²) in [5.74, 6) is 1.99. The Bertz CT molecular complexity index is 398. The highest BCUT2D eigenvalue weighted by Crippen LogP contribution is 2.24. The molecule has 0 bridgehead atoms. The summed E-state index contributed by atoms with van der Waals surface area (Å²) in [6.45, 7) is 5.15. The molecule has 98 valence electrons. The molecule has 1 aliphatic carbocycles. The molecule has 2 N–H and O–H groups in total. The third kappa shape index (κ3) is 3.34. The van der Waals surface area contributed by atoms with Crippen LogP contribution in [0.2, 0.25) is 0 Å². The lowest BCUT2D eigenvalue weighted by molar-refractivity contribution is 0.715. The molecule has 1 aromatic rings. The van der Waals surface area contributed by atoms with Gasteiger partial charge in [-0.15, -0.1) is 0 Å². The largest absolute Gasteiger partial charge is 0.387 e. The monoisotopic (exact) mass is 244 g/mol. The van der Waals surface area contributed by atoms with E-state index in [0.717, 1.165) is 12.4 Å². The van der Waals surface area contributed by atoms with E-state index in [9.17, 15) is 0 Å². The first-order valence-corrected chi connectivity index (χ1v) is 7.05. The molecule has 1 fully saturated rings. The summed E-state index contributed by atoms with van der Waals surface area (Å²) in [6.07, 6.45) is 5.07. The molecule has 2 nitrogen and oxygen atoms in total. The van der Waals surface area contributed by atoms with Gasteiger partial charge in [-0.2, -0.15) is 0 Å². The highest BCUT2D eigenvalue weighted by Gasteiger charge is 2.18. The maximum Gasteiger partial charge on any atom is 0.0972 e. The molecule has 1 aliphatic rings. The van der Waals surface area contributed by atoms with Gasteiger partial charge in [-0.3, -0.25) is 4.99 Å². The van der Waals surface area contributed by atoms with Crippen LogP contribution in [-0.2, 0) is 6.54 Å². The van der Waals surface area contributed by atoms with E-state index >= 15 is 0 Å². The first kappa shape index (κ1) is 13.1. The summed E-state index contributed by atoms with van der Waals surface area (Å²) >= 11 is 0. The Kier molecular flexibility index (Phi) is 4.40. The van der Waals surface area contributed by atoms with E-state index in [1.54, 1.807) is 0 Å². The van der Waals surface area contributed by atoms with Crippen molar-refractivity contribution in [1.29, 1.82) is 0 Å². The van der Waals surface area contributed by atoms with Gasteiger partial charge in [0.05, 0.1) is 12.4 Å². The lowest BCUT2D eigenvalue weighted by Gasteiger charge is -2.09. The molecule has 1 saturated carbocycles. The van der Waals surface area contributed by atoms with Crippen molar-refractivity contribution in [2.24, 2.45) is 16.6 Å². The SMILES string of the molecule is CC(C)c1ccc(CN=C(N)C2CCCC2)cc1. The first-order chi connectivity index (χ1) is 8.66. The molecule has 2 heteroatoms. The van der Waals surface area contributed by atoms with Gasteiger partial charge in [-0.1, -0.05) is 51.0 Å². The Morgan fingerprint density at radius 2 is 1.83 bits per heavy atom. The minimum absolute atomic E-state index is 0.542. The lowest BCUT2D eigenvalue weighted by atomic mass is 10.0. The van der Waals surface area contributed by atoms with E-state index in [1.807, 2.05) is 0 Å². The Hall–Kier alpha value is -1.31. The molecule has 2 rings (SSSR count). The number of nitrogens with zero attached hydrogens (tertiary/aromatic N) is 1. The van der Waals surface area contributed by atoms with Gasteiger partial charge in [0, 0.05) is 5.92 Å². The Morgan fingerprint density at radius 3 is 2.39 bits per heavy atom. The molecule has 0 unspecified atom stereocenters. The van der Waals surface area contributed by atoms with Crippen LogP contribution >= 0.6 is 0 Å². The van der Waals surface area contributed by atoms with Crippen molar-refractivity contribution < 1.29 is 0 Å². The van der Waals surface area contributed by atoms with Gasteiger partial charge >= 0.3 is 0 Å². The van der Waals surface area contributed by atoms with E-state index in [0.29, 0.717) is 11.8 Å². The van der Waals surface area contributed by atoms with Crippen LogP contribution in [0.25, 0.3) is 0 Å². The van der Waals surface area contributed by atoms with Crippen LogP contribution < -0.4 is 5.73 Å². The number of hydrogen-bond acceptors (Lipinski definition) is 1. The van der Waals surface area contributed by atoms with Crippen molar-refractivity contribution in [3.05, 3.63) is 35.4 Å². The second kappa shape index (κ2) is 6.03. The normalized spacial score (nSPS) is 17.6. The average molecular weight is 244 g/mol. The van der Waals surface area contributed by atoms with Gasteiger partial charge in [0.15, 0.2) is 0 Å². The highest BCUT2D eigenvalue weighted by atomic mass is 14.9. The molecule has 1 aromatic carbocycles. The minimum Gasteiger partial charge on any atom is -0.387 e. The molecule has 0 heterocycles. The standard InChI is InChI=1S/C16H24N2/c1-12(2)14-9-7-13(8-10-14)11-18-16(17)15-5-3-4-6-15/h7-10,12,15H,3-6,11H2,1-2H3,(H2,17,18). The average Bonchev–Trinajstić information content (AvgIpc) is 2.90. The number of benzene rings is 1. The van der Waals surface area contributed by atoms with E-state index in [4.69, 9.17) is 5.73 Å². The lowest BCUT2D eigenvalue weighted by Crippen LogP contribution is -2.21. The van der Waals surface area contributed by atoms with Crippen molar-refractivity contribution in [3.63, 3.8) is 0 Å². The smallest absolute Gasteiger partial charge is 0.0972 e. The fourth-order valence-electron chi connectivity index (χ4n) is 2.54. The summed E-state index contributed by atoms with van der Waals surface area (Å²) < 4.78 is 0. The minimum atomic E-state index is 0.542. The number of amidine groups is 1. The van der Waals surface area contributed by atoms with Crippen LogP contribution in [0.1, 0.15) is 56.6 Å². The fourth-order valence-corrected chi connectivity index (χ4v) is 2.54. The second-order valence-electron chi connectivity index (χ2n) is 5.62. The van der Waals surface area contributed by atoms with Crippen molar-refractivity contribution in [2.45, 2.75) is 52.0 Å². The fraction of sp³-hybridized carbons (Fsp3) is 0.562. The van der Waals surface area contributed by atoms with Crippen LogP contribution in [0.5, 0.6) is 0 Å². The molecule has 0 radical (unpaired) electrons. The molecular weight excluding hydrogens is 220 g/mol. The molecule has 0 atom stereocenters. The Morgan fingerprint density at radius 1 is 1.22 bits per heavy atom. The predicted molar refractivity (Wildman–Crippen MR) is 77.8 cm³/mol. The highest BCUT2D eigenvalue weighted by molar-refractivity contribution is 5.83. The first-order valence-electron chi connectivity index (χ1n) is 7.05. The number of rotatable bonds is 4. The van der Waals surface area contributed by atoms with Gasteiger partial charge < -0.3 is 5.73 Å². The van der Waals surface area contributed by atoms with Crippen molar-refractivity contribution in [1.82, 2.24) is 0 Å². The summed E-state index contributed by atoms with van der Waals surface area (Å²) in [6, 6.07) is 8.73. The zero-order valence-electron chi connectivity index (χ0n) is 11.5. The molecule has 0 aliphatic heterocycles. The van der Waals surface area contributed by atoms with Gasteiger partial charge in [0.1, 0.15) is 0 Å². The number of nitrogens with two attached hydrogens (primary N) is 1. The Balaban J connectivity index is 1.94. The van der Waals surface area contributed by atoms with Crippen LogP contribution in [0.4, 0.5) is 0 Å². The molecule has 0 spiro atoms. The van der Waals surface area contributed by atoms with Crippen LogP contribution in [0.15, 0.2) is 29.3 Å². The summed E-state index contributed by atoms with van der Waals surface area (Å²) in [5, 5.41) is 0. The number of aliphatic imine (C=N–C) groups is 1. The quantitative estimate of drug-likeness (QED) is 0.634. The summed E-state index contributed by atoms with van der Waals surface area (Å²) in [4.78, 5) is 4.55. The van der Waals surface area contributed by atoms with Crippen molar-refractivity contribution in [3.8, 4) is 0 Å². The topological polar surface area (TPSA) is 38.4 Å². The molecular formula is C16H24N2. The van der Waals surface area contributed by atoms with E-state index < -0.39 is 0 Å². The van der Waals surface area contributed by atoms with E-state index in [1.165, 1.54) is 36.8 Å². The van der Waals surface area contributed by atoms with Crippen LogP contribution in [0, 0.1) is 5.92 Å². The van der Waals surface area contributed by atoms with Gasteiger partial charge in [-0.05, 0) is 29.9 Å². The second-order valence-corrected chi connectivity index (χ2v) is 5.62. The van der Waals surface area contributed by atoms with E-state index in [2.05, 4.69) is 43.1 Å². The molecule has 0 amide bonds. The zero-order chi connectivity index (χ0) is 13.0. The van der Waals surface area contributed by atoms with Crippen molar-refractivity contribution >= 4 is 5.84 Å². The van der Waals surface area contributed by atoms with Gasteiger partial charge in [0.2, 0.25) is 0 Å². The zero-order valence-corrected chi connectivity index (χ0v) is 11.5. The van der Waals surface area contributed by atoms with Gasteiger partial charge in [0.25, 0.3) is 0 Å². The third-order valence-corrected chi connectivity index (χ3v) is 3.86. The molecule has 18 heavy (non-hydrogen) atoms. The third-order valence-electron chi connectivity index (χ3n) is 3.86. The molecule has 0 aromatic heterocycles. The summed E-state index contributed by atoms with van der Waals surface area (Å²) in [5.41, 5.74) is 8.69. The predicted octanol–water partition coefficient (Wildman–Crippen LogP) is 3.86. The Labute approximate surface area is 110 Å². The maximum absolute atomic E-state index is 6.05. The van der Waals surface area contributed by atoms with Crippen molar-refractivity contribution in [2.75, 3.05) is 0 Å². The maximum atomic E-state index is 6.05. The van der Waals surface area contributed by atoms with Crippen LogP contribution in [-0.4, -0.2) is 5.84 Å². The molecule has 0 saturated heterocycles. The summed E-state index contributed by atoms with van der Waals surface area (Å²) in [7, 11) is 0.